The summed E-state index contributed by atoms with van der Waals surface area (Å²) in [6.45, 7) is 9.48. The van der Waals surface area contributed by atoms with Gasteiger partial charge in [-0.05, 0) is 13.5 Å². The van der Waals surface area contributed by atoms with Gasteiger partial charge in [0, 0.05) is 12.5 Å². The maximum atomic E-state index is 9.52. The van der Waals surface area contributed by atoms with Crippen LogP contribution in [0.5, 0.6) is 0 Å². The van der Waals surface area contributed by atoms with Crippen LogP contribution in [0.4, 0.5) is 0 Å². The molecule has 0 unspecified atom stereocenters. The number of hydrogen-bond acceptors (Lipinski definition) is 4. The van der Waals surface area contributed by atoms with Crippen LogP contribution in [0.3, 0.4) is 0 Å². The molecule has 0 radical (unpaired) electrons. The molecule has 1 rings (SSSR count). The number of ether oxygens (including phenoxy) is 2. The van der Waals surface area contributed by atoms with E-state index in [0.717, 1.165) is 39.0 Å². The largest absolute Gasteiger partial charge is 0.513 e. The maximum absolute atomic E-state index is 9.52. The molecule has 4 nitrogen and oxygen atoms in total. The lowest BCUT2D eigenvalue weighted by Gasteiger charge is -2.32. The van der Waals surface area contributed by atoms with Crippen LogP contribution in [0.2, 0.25) is 0 Å². The van der Waals surface area contributed by atoms with E-state index >= 15 is 0 Å². The van der Waals surface area contributed by atoms with Crippen LogP contribution in [0, 0.1) is 5.92 Å². The third-order valence-electron chi connectivity index (χ3n) is 3.53. The van der Waals surface area contributed by atoms with Gasteiger partial charge in [0.15, 0.2) is 0 Å². The van der Waals surface area contributed by atoms with Crippen LogP contribution in [-0.2, 0) is 9.47 Å². The number of likely N-dealkylation sites (N-methyl/N-ethyl adjacent to an activating group) is 1. The number of unbranched alkanes of at least 4 members (excludes halogenated alkanes) is 1. The molecule has 0 amide bonds. The van der Waals surface area contributed by atoms with Crippen molar-refractivity contribution in [2.45, 2.75) is 32.2 Å². The van der Waals surface area contributed by atoms with Crippen LogP contribution in [0.1, 0.15) is 26.2 Å². The van der Waals surface area contributed by atoms with Gasteiger partial charge in [0.25, 0.3) is 0 Å². The molecule has 1 fully saturated rings. The van der Waals surface area contributed by atoms with Crippen LogP contribution < -0.4 is 0 Å². The first-order valence-electron chi connectivity index (χ1n) is 6.88. The van der Waals surface area contributed by atoms with Crippen LogP contribution >= 0.6 is 0 Å². The van der Waals surface area contributed by atoms with Crippen molar-refractivity contribution in [1.82, 2.24) is 4.90 Å². The van der Waals surface area contributed by atoms with Crippen molar-refractivity contribution in [2.24, 2.45) is 5.92 Å². The highest BCUT2D eigenvalue weighted by Gasteiger charge is 2.20. The second kappa shape index (κ2) is 8.51. The zero-order chi connectivity index (χ0) is 13.4. The Bertz CT molecular complexity index is 245. The molecule has 0 aromatic rings. The van der Waals surface area contributed by atoms with Crippen molar-refractivity contribution in [3.05, 3.63) is 12.3 Å². The Morgan fingerprint density at radius 3 is 3.00 bits per heavy atom. The van der Waals surface area contributed by atoms with Gasteiger partial charge in [0.05, 0.1) is 38.2 Å². The average Bonchev–Trinajstić information content (AvgIpc) is 2.35. The van der Waals surface area contributed by atoms with Gasteiger partial charge in [-0.3, -0.25) is 4.90 Å². The Morgan fingerprint density at radius 1 is 1.61 bits per heavy atom. The number of nitrogens with zero attached hydrogens (tertiary/aromatic N) is 1. The molecule has 1 heterocycles. The van der Waals surface area contributed by atoms with Gasteiger partial charge in [0.2, 0.25) is 0 Å². The van der Waals surface area contributed by atoms with Gasteiger partial charge >= 0.3 is 0 Å². The molecule has 2 atom stereocenters. The van der Waals surface area contributed by atoms with E-state index in [2.05, 4.69) is 25.5 Å². The standard InChI is InChI=1S/C14H27NO3/c1-4-5-6-13(12(2)16)9-18-11-14-10-17-8-7-15(14)3/h13-14,16H,2,4-11H2,1,3H3/t13-,14-/m0/s1. The number of aliphatic hydroxyl groups is 1. The Hall–Kier alpha value is -0.580. The Balaban J connectivity index is 2.22. The molecular weight excluding hydrogens is 230 g/mol. The molecule has 18 heavy (non-hydrogen) atoms. The highest BCUT2D eigenvalue weighted by atomic mass is 16.5. The van der Waals surface area contributed by atoms with Crippen LogP contribution in [0.25, 0.3) is 0 Å². The maximum Gasteiger partial charge on any atom is 0.0904 e. The third kappa shape index (κ3) is 5.38. The second-order valence-corrected chi connectivity index (χ2v) is 5.08. The quantitative estimate of drug-likeness (QED) is 0.677. The van der Waals surface area contributed by atoms with E-state index in [1.165, 1.54) is 0 Å². The molecular formula is C14H27NO3. The van der Waals surface area contributed by atoms with E-state index in [1.54, 1.807) is 0 Å². The molecule has 0 saturated carbocycles. The van der Waals surface area contributed by atoms with Gasteiger partial charge in [-0.25, -0.2) is 0 Å². The topological polar surface area (TPSA) is 41.9 Å². The van der Waals surface area contributed by atoms with E-state index < -0.39 is 0 Å². The fraction of sp³-hybridized carbons (Fsp3) is 0.857. The fourth-order valence-corrected chi connectivity index (χ4v) is 2.06. The fourth-order valence-electron chi connectivity index (χ4n) is 2.06. The SMILES string of the molecule is C=C(O)[C@@H](CCCC)COC[C@@H]1COCCN1C. The van der Waals surface area contributed by atoms with Crippen molar-refractivity contribution in [1.29, 1.82) is 0 Å². The van der Waals surface area contributed by atoms with E-state index in [-0.39, 0.29) is 11.7 Å². The summed E-state index contributed by atoms with van der Waals surface area (Å²) in [7, 11) is 2.09. The molecule has 1 aliphatic rings. The van der Waals surface area contributed by atoms with Crippen molar-refractivity contribution in [3.63, 3.8) is 0 Å². The Morgan fingerprint density at radius 2 is 2.39 bits per heavy atom. The predicted molar refractivity (Wildman–Crippen MR) is 72.8 cm³/mol. The molecule has 0 bridgehead atoms. The van der Waals surface area contributed by atoms with E-state index in [9.17, 15) is 5.11 Å². The van der Waals surface area contributed by atoms with Crippen molar-refractivity contribution in [3.8, 4) is 0 Å². The molecule has 0 aromatic carbocycles. The number of morpholine rings is 1. The first-order valence-corrected chi connectivity index (χ1v) is 6.88. The van der Waals surface area contributed by atoms with E-state index in [1.807, 2.05) is 0 Å². The Kier molecular flexibility index (Phi) is 7.32. The summed E-state index contributed by atoms with van der Waals surface area (Å²) in [6, 6.07) is 0.331. The summed E-state index contributed by atoms with van der Waals surface area (Å²) in [5.41, 5.74) is 0. The minimum absolute atomic E-state index is 0.0692. The zero-order valence-electron chi connectivity index (χ0n) is 11.7. The molecule has 0 aromatic heterocycles. The summed E-state index contributed by atoms with van der Waals surface area (Å²) < 4.78 is 11.2. The van der Waals surface area contributed by atoms with Gasteiger partial charge in [-0.1, -0.05) is 26.3 Å². The lowest BCUT2D eigenvalue weighted by Crippen LogP contribution is -2.45. The monoisotopic (exact) mass is 257 g/mol. The molecule has 106 valence electrons. The van der Waals surface area contributed by atoms with Crippen molar-refractivity contribution in [2.75, 3.05) is 40.0 Å². The Labute approximate surface area is 111 Å². The smallest absolute Gasteiger partial charge is 0.0904 e. The van der Waals surface area contributed by atoms with Crippen molar-refractivity contribution < 1.29 is 14.6 Å². The molecule has 1 aliphatic heterocycles. The lowest BCUT2D eigenvalue weighted by molar-refractivity contribution is -0.0373. The van der Waals surface area contributed by atoms with Crippen LogP contribution in [-0.4, -0.2) is 56.1 Å². The molecule has 1 saturated heterocycles. The second-order valence-electron chi connectivity index (χ2n) is 5.08. The summed E-state index contributed by atoms with van der Waals surface area (Å²) in [4.78, 5) is 2.26. The lowest BCUT2D eigenvalue weighted by atomic mass is 10.0. The first-order chi connectivity index (χ1) is 8.65. The molecule has 4 heteroatoms. The summed E-state index contributed by atoms with van der Waals surface area (Å²) >= 11 is 0. The summed E-state index contributed by atoms with van der Waals surface area (Å²) in [6.07, 6.45) is 3.17. The normalized spacial score (nSPS) is 22.9. The predicted octanol–water partition coefficient (Wildman–Crippen LogP) is 2.21. The average molecular weight is 257 g/mol. The highest BCUT2D eigenvalue weighted by Crippen LogP contribution is 2.16. The van der Waals surface area contributed by atoms with Gasteiger partial charge in [-0.2, -0.15) is 0 Å². The number of hydrogen-bond donors (Lipinski definition) is 1. The van der Waals surface area contributed by atoms with Crippen molar-refractivity contribution >= 4 is 0 Å². The minimum Gasteiger partial charge on any atom is -0.513 e. The van der Waals surface area contributed by atoms with E-state index in [0.29, 0.717) is 19.3 Å². The molecule has 1 N–H and O–H groups in total. The van der Waals surface area contributed by atoms with Crippen LogP contribution in [0.15, 0.2) is 12.3 Å². The van der Waals surface area contributed by atoms with Gasteiger partial charge < -0.3 is 14.6 Å². The van der Waals surface area contributed by atoms with Gasteiger partial charge in [-0.15, -0.1) is 0 Å². The minimum atomic E-state index is 0.0692. The summed E-state index contributed by atoms with van der Waals surface area (Å²) in [5, 5.41) is 9.52. The molecule has 0 aliphatic carbocycles. The third-order valence-corrected chi connectivity index (χ3v) is 3.53. The number of rotatable bonds is 8. The zero-order valence-corrected chi connectivity index (χ0v) is 11.7. The number of aliphatic hydroxyl groups excluding tert-OH is 1. The first kappa shape index (κ1) is 15.5. The van der Waals surface area contributed by atoms with Gasteiger partial charge in [0.1, 0.15) is 0 Å². The molecule has 0 spiro atoms. The van der Waals surface area contributed by atoms with E-state index in [4.69, 9.17) is 9.47 Å². The highest BCUT2D eigenvalue weighted by molar-refractivity contribution is 4.88. The summed E-state index contributed by atoms with van der Waals surface area (Å²) in [5.74, 6) is 0.316.